The van der Waals surface area contributed by atoms with Gasteiger partial charge in [0.2, 0.25) is 11.8 Å². The number of H-pyrrole nitrogens is 1. The first kappa shape index (κ1) is 42.7. The maximum atomic E-state index is 13.7. The zero-order valence-electron chi connectivity index (χ0n) is 33.3. The van der Waals surface area contributed by atoms with Gasteiger partial charge >= 0.3 is 12.2 Å². The van der Waals surface area contributed by atoms with Crippen molar-refractivity contribution >= 4 is 35.4 Å². The molecule has 5 atom stereocenters. The number of carbonyl (C=O) groups excluding carboxylic acids is 4. The maximum Gasteiger partial charge on any atom is 0.407 e. The van der Waals surface area contributed by atoms with E-state index in [0.717, 1.165) is 24.0 Å². The number of carbonyl (C=O) groups is 4. The first-order valence-electron chi connectivity index (χ1n) is 18.9. The molecule has 14 nitrogen and oxygen atoms in total. The Morgan fingerprint density at radius 1 is 0.929 bits per heavy atom. The number of rotatable bonds is 12. The van der Waals surface area contributed by atoms with Crippen LogP contribution in [0, 0.1) is 35.5 Å². The topological polar surface area (TPSA) is 184 Å². The SMILES string of the molecule is C=C/C(=C(/C#CC#Cc1cnc([C@@H]2CCCN2C(=O)[C@@H](NC(=O)OC)C(C)C)[nH]1)C(C)N=C(N)[C@@H]1CCCN1C(=O)[C@@H](NC(=O)OC)C(C)C)c1ccccc1. The van der Waals surface area contributed by atoms with E-state index >= 15 is 0 Å². The number of aromatic nitrogens is 2. The van der Waals surface area contributed by atoms with Gasteiger partial charge in [0, 0.05) is 18.7 Å². The smallest absolute Gasteiger partial charge is 0.407 e. The molecule has 4 amide bonds. The third kappa shape index (κ3) is 10.6. The van der Waals surface area contributed by atoms with Crippen LogP contribution in [0.4, 0.5) is 9.59 Å². The Morgan fingerprint density at radius 3 is 2.11 bits per heavy atom. The van der Waals surface area contributed by atoms with Crippen molar-refractivity contribution in [2.45, 2.75) is 90.5 Å². The Morgan fingerprint density at radius 2 is 1.52 bits per heavy atom. The number of methoxy groups -OCH3 is 2. The summed E-state index contributed by atoms with van der Waals surface area (Å²) < 4.78 is 9.49. The molecule has 2 aromatic rings. The van der Waals surface area contributed by atoms with Crippen LogP contribution in [-0.2, 0) is 19.1 Å². The van der Waals surface area contributed by atoms with Crippen molar-refractivity contribution in [1.82, 2.24) is 30.4 Å². The van der Waals surface area contributed by atoms with Crippen LogP contribution < -0.4 is 16.4 Å². The number of amides is 4. The molecular formula is C42H54N8O6. The Kier molecular flexibility index (Phi) is 15.3. The molecular weight excluding hydrogens is 713 g/mol. The number of nitrogens with two attached hydrogens (primary N) is 1. The van der Waals surface area contributed by atoms with E-state index in [1.54, 1.807) is 22.1 Å². The number of aliphatic imine (C=N–C) groups is 1. The molecule has 1 aromatic carbocycles. The number of benzene rings is 1. The fraction of sp³-hybridized carbons (Fsp3) is 0.476. The van der Waals surface area contributed by atoms with Crippen molar-refractivity contribution in [3.63, 3.8) is 0 Å². The predicted molar refractivity (Wildman–Crippen MR) is 215 cm³/mol. The van der Waals surface area contributed by atoms with E-state index in [2.05, 4.69) is 50.9 Å². The number of allylic oxidation sites excluding steroid dienone is 2. The highest BCUT2D eigenvalue weighted by Gasteiger charge is 2.39. The van der Waals surface area contributed by atoms with Crippen molar-refractivity contribution in [2.24, 2.45) is 22.6 Å². The monoisotopic (exact) mass is 766 g/mol. The molecule has 2 fully saturated rings. The lowest BCUT2D eigenvalue weighted by Gasteiger charge is -2.30. The van der Waals surface area contributed by atoms with E-state index in [9.17, 15) is 19.2 Å². The highest BCUT2D eigenvalue weighted by molar-refractivity contribution is 5.94. The van der Waals surface area contributed by atoms with Gasteiger partial charge in [0.1, 0.15) is 29.4 Å². The van der Waals surface area contributed by atoms with E-state index in [0.29, 0.717) is 43.0 Å². The lowest BCUT2D eigenvalue weighted by atomic mass is 9.96. The lowest BCUT2D eigenvalue weighted by molar-refractivity contribution is -0.135. The van der Waals surface area contributed by atoms with Gasteiger partial charge in [-0.05, 0) is 73.3 Å². The van der Waals surface area contributed by atoms with Gasteiger partial charge in [-0.3, -0.25) is 14.6 Å². The second kappa shape index (κ2) is 20.1. The maximum absolute atomic E-state index is 13.7. The van der Waals surface area contributed by atoms with Gasteiger partial charge < -0.3 is 40.6 Å². The van der Waals surface area contributed by atoms with E-state index < -0.39 is 36.4 Å². The number of aromatic amines is 1. The molecule has 0 saturated carbocycles. The lowest BCUT2D eigenvalue weighted by Crippen LogP contribution is -2.54. The molecule has 1 aromatic heterocycles. The number of ether oxygens (including phenoxy) is 2. The van der Waals surface area contributed by atoms with Crippen molar-refractivity contribution < 1.29 is 28.7 Å². The molecule has 0 bridgehead atoms. The molecule has 2 saturated heterocycles. The number of alkyl carbamates (subject to hydrolysis) is 2. The fourth-order valence-electron chi connectivity index (χ4n) is 6.95. The van der Waals surface area contributed by atoms with Gasteiger partial charge in [0.25, 0.3) is 0 Å². The summed E-state index contributed by atoms with van der Waals surface area (Å²) in [6.07, 6.45) is 4.87. The number of likely N-dealkylation sites (tertiary alicyclic amines) is 2. The summed E-state index contributed by atoms with van der Waals surface area (Å²) in [5.74, 6) is 12.2. The van der Waals surface area contributed by atoms with Crippen LogP contribution in [-0.4, -0.2) is 101 Å². The minimum Gasteiger partial charge on any atom is -0.453 e. The van der Waals surface area contributed by atoms with E-state index in [1.165, 1.54) is 14.2 Å². The van der Waals surface area contributed by atoms with Crippen LogP contribution in [0.1, 0.15) is 83.4 Å². The van der Waals surface area contributed by atoms with Gasteiger partial charge in [-0.1, -0.05) is 76.6 Å². The third-order valence-electron chi connectivity index (χ3n) is 9.90. The minimum absolute atomic E-state index is 0.146. The van der Waals surface area contributed by atoms with Gasteiger partial charge in [0.05, 0.1) is 38.5 Å². The van der Waals surface area contributed by atoms with E-state index in [-0.39, 0.29) is 35.5 Å². The van der Waals surface area contributed by atoms with Crippen molar-refractivity contribution in [3.05, 3.63) is 71.8 Å². The number of amidine groups is 1. The highest BCUT2D eigenvalue weighted by atomic mass is 16.5. The quantitative estimate of drug-likeness (QED) is 0.105. The molecule has 3 heterocycles. The van der Waals surface area contributed by atoms with Gasteiger partial charge in [-0.2, -0.15) is 0 Å². The molecule has 2 aliphatic heterocycles. The van der Waals surface area contributed by atoms with Crippen LogP contribution >= 0.6 is 0 Å². The first-order valence-corrected chi connectivity index (χ1v) is 18.9. The summed E-state index contributed by atoms with van der Waals surface area (Å²) in [7, 11) is 2.53. The summed E-state index contributed by atoms with van der Waals surface area (Å²) in [6, 6.07) is 6.89. The Bertz CT molecular complexity index is 1930. The van der Waals surface area contributed by atoms with E-state index in [4.69, 9.17) is 20.2 Å². The molecule has 0 radical (unpaired) electrons. The zero-order chi connectivity index (χ0) is 40.9. The number of nitrogens with zero attached hydrogens (tertiary/aromatic N) is 4. The summed E-state index contributed by atoms with van der Waals surface area (Å²) in [6.45, 7) is 14.4. The van der Waals surface area contributed by atoms with Crippen LogP contribution in [0.3, 0.4) is 0 Å². The normalized spacial score (nSPS) is 18.8. The standard InChI is InChI=1S/C42H54N8O6/c1-9-31(29-17-11-10-12-18-29)32(28(6)45-37(43)33-21-15-23-49(33)39(51)35(26(2)3)47-41(53)55-7)20-14-13-19-30-25-44-38(46-30)34-22-16-24-50(34)40(52)36(27(4)5)48-42(54)56-8/h9-12,17-18,25-28,33-36H,1,15-16,21-24H2,2-8H3,(H2,43,45)(H,44,46)(H,47,53)(H,48,54)/b32-31+/t28?,33-,34-,35-,36-/m0/s1. The molecule has 5 N–H and O–H groups in total. The van der Waals surface area contributed by atoms with Crippen molar-refractivity contribution in [3.8, 4) is 23.7 Å². The van der Waals surface area contributed by atoms with Crippen LogP contribution in [0.25, 0.3) is 5.57 Å². The fourth-order valence-corrected chi connectivity index (χ4v) is 6.95. The largest absolute Gasteiger partial charge is 0.453 e. The minimum atomic E-state index is -0.781. The van der Waals surface area contributed by atoms with Crippen molar-refractivity contribution in [2.75, 3.05) is 27.3 Å². The third-order valence-corrected chi connectivity index (χ3v) is 9.90. The van der Waals surface area contributed by atoms with Crippen molar-refractivity contribution in [1.29, 1.82) is 0 Å². The Hall–Kier alpha value is -6.02. The molecule has 0 aliphatic carbocycles. The highest BCUT2D eigenvalue weighted by Crippen LogP contribution is 2.31. The molecule has 298 valence electrons. The predicted octanol–water partition coefficient (Wildman–Crippen LogP) is 4.57. The molecule has 56 heavy (non-hydrogen) atoms. The first-order chi connectivity index (χ1) is 26.8. The summed E-state index contributed by atoms with van der Waals surface area (Å²) in [5.41, 5.74) is 9.48. The second-order valence-electron chi connectivity index (χ2n) is 14.4. The van der Waals surface area contributed by atoms with Gasteiger partial charge in [-0.15, -0.1) is 0 Å². The number of hydrogen-bond acceptors (Lipinski definition) is 8. The molecule has 4 rings (SSSR count). The summed E-state index contributed by atoms with van der Waals surface area (Å²) in [5, 5.41) is 5.32. The Balaban J connectivity index is 1.60. The molecule has 14 heteroatoms. The summed E-state index contributed by atoms with van der Waals surface area (Å²) >= 11 is 0. The van der Waals surface area contributed by atoms with Crippen LogP contribution in [0.2, 0.25) is 0 Å². The Labute approximate surface area is 329 Å². The second-order valence-corrected chi connectivity index (χ2v) is 14.4. The number of nitrogens with one attached hydrogen (secondary N) is 3. The molecule has 1 unspecified atom stereocenters. The van der Waals surface area contributed by atoms with Gasteiger partial charge in [0.15, 0.2) is 0 Å². The van der Waals surface area contributed by atoms with Crippen LogP contribution in [0.15, 0.2) is 59.7 Å². The molecule has 0 spiro atoms. The van der Waals surface area contributed by atoms with E-state index in [1.807, 2.05) is 65.0 Å². The average Bonchev–Trinajstić information content (AvgIpc) is 3.98. The zero-order valence-corrected chi connectivity index (χ0v) is 33.3. The van der Waals surface area contributed by atoms with Crippen LogP contribution in [0.5, 0.6) is 0 Å². The summed E-state index contributed by atoms with van der Waals surface area (Å²) in [4.78, 5) is 67.2. The molecule has 2 aliphatic rings. The van der Waals surface area contributed by atoms with Gasteiger partial charge in [-0.25, -0.2) is 14.6 Å². The number of hydrogen-bond donors (Lipinski definition) is 4. The average molecular weight is 767 g/mol. The number of imidazole rings is 1.